The molecule has 0 bridgehead atoms. The van der Waals surface area contributed by atoms with E-state index in [1.807, 2.05) is 4.90 Å². The lowest BCUT2D eigenvalue weighted by Gasteiger charge is -2.48. The third-order valence-corrected chi connectivity index (χ3v) is 6.08. The number of nitrogens with zero attached hydrogens (tertiary/aromatic N) is 2. The average molecular weight is 359 g/mol. The number of piperidine rings is 2. The molecule has 1 unspecified atom stereocenters. The van der Waals surface area contributed by atoms with Crippen LogP contribution in [0.3, 0.4) is 0 Å². The third-order valence-electron chi connectivity index (χ3n) is 6.08. The Hall–Kier alpha value is -1.39. The largest absolute Gasteiger partial charge is 0.395 e. The van der Waals surface area contributed by atoms with E-state index in [0.717, 1.165) is 32.6 Å². The van der Waals surface area contributed by atoms with Crippen LogP contribution in [0.25, 0.3) is 0 Å². The van der Waals surface area contributed by atoms with Crippen molar-refractivity contribution in [3.8, 4) is 0 Å². The molecule has 2 fully saturated rings. The fraction of sp³-hybridized carbons (Fsp3) is 0.682. The number of β-amino-alcohol motifs (C(OH)–C–C–N with tert-alkyl or cyclic N) is 1. The van der Waals surface area contributed by atoms with Crippen molar-refractivity contribution in [3.05, 3.63) is 35.4 Å². The summed E-state index contributed by atoms with van der Waals surface area (Å²) < 4.78 is 0. The Labute approximate surface area is 158 Å². The predicted octanol–water partition coefficient (Wildman–Crippen LogP) is 3.18. The SMILES string of the molecule is CC(C)(C)c1ccc(CN2CCCC3(CCC(=O)N(CCO)C3)C2)cc1. The summed E-state index contributed by atoms with van der Waals surface area (Å²) in [6, 6.07) is 9.06. The molecule has 26 heavy (non-hydrogen) atoms. The Balaban J connectivity index is 1.64. The number of carbonyl (C=O) groups is 1. The first-order valence-electron chi connectivity index (χ1n) is 10.0. The minimum atomic E-state index is 0.0612. The predicted molar refractivity (Wildman–Crippen MR) is 105 cm³/mol. The Morgan fingerprint density at radius 1 is 1.12 bits per heavy atom. The van der Waals surface area contributed by atoms with Gasteiger partial charge in [-0.25, -0.2) is 0 Å². The van der Waals surface area contributed by atoms with Gasteiger partial charge in [0.05, 0.1) is 6.61 Å². The van der Waals surface area contributed by atoms with Crippen molar-refractivity contribution in [2.24, 2.45) is 5.41 Å². The van der Waals surface area contributed by atoms with Gasteiger partial charge < -0.3 is 10.0 Å². The number of likely N-dealkylation sites (tertiary alicyclic amines) is 2. The second kappa shape index (κ2) is 7.69. The van der Waals surface area contributed by atoms with Crippen LogP contribution < -0.4 is 0 Å². The molecule has 3 rings (SSSR count). The number of aliphatic hydroxyl groups excluding tert-OH is 1. The molecule has 2 aliphatic heterocycles. The van der Waals surface area contributed by atoms with Crippen LogP contribution in [0, 0.1) is 5.41 Å². The van der Waals surface area contributed by atoms with Gasteiger partial charge in [-0.05, 0) is 42.3 Å². The number of hydrogen-bond donors (Lipinski definition) is 1. The monoisotopic (exact) mass is 358 g/mol. The maximum Gasteiger partial charge on any atom is 0.222 e. The van der Waals surface area contributed by atoms with Crippen molar-refractivity contribution in [2.75, 3.05) is 32.8 Å². The summed E-state index contributed by atoms with van der Waals surface area (Å²) in [7, 11) is 0. The van der Waals surface area contributed by atoms with Crippen molar-refractivity contribution >= 4 is 5.91 Å². The molecule has 4 heteroatoms. The molecule has 144 valence electrons. The molecule has 1 aromatic carbocycles. The van der Waals surface area contributed by atoms with Gasteiger partial charge >= 0.3 is 0 Å². The summed E-state index contributed by atoms with van der Waals surface area (Å²) in [4.78, 5) is 16.5. The molecule has 1 spiro atoms. The highest BCUT2D eigenvalue weighted by atomic mass is 16.3. The minimum absolute atomic E-state index is 0.0612. The van der Waals surface area contributed by atoms with Crippen LogP contribution in [0.4, 0.5) is 0 Å². The Morgan fingerprint density at radius 3 is 2.50 bits per heavy atom. The molecule has 4 nitrogen and oxygen atoms in total. The fourth-order valence-corrected chi connectivity index (χ4v) is 4.57. The number of benzene rings is 1. The smallest absolute Gasteiger partial charge is 0.222 e. The fourth-order valence-electron chi connectivity index (χ4n) is 4.57. The zero-order valence-corrected chi connectivity index (χ0v) is 16.6. The van der Waals surface area contributed by atoms with Gasteiger partial charge in [0, 0.05) is 38.0 Å². The standard InChI is InChI=1S/C22H34N2O2/c1-21(2,3)19-7-5-18(6-8-19)15-23-12-4-10-22(16-23)11-9-20(26)24(17-22)13-14-25/h5-8,25H,4,9-17H2,1-3H3. The molecule has 1 amide bonds. The lowest BCUT2D eigenvalue weighted by molar-refractivity contribution is -0.140. The average Bonchev–Trinajstić information content (AvgIpc) is 2.59. The zero-order valence-electron chi connectivity index (χ0n) is 16.6. The number of amides is 1. The molecular formula is C22H34N2O2. The van der Waals surface area contributed by atoms with Gasteiger partial charge in [-0.3, -0.25) is 9.69 Å². The lowest BCUT2D eigenvalue weighted by atomic mass is 9.73. The highest BCUT2D eigenvalue weighted by molar-refractivity contribution is 5.77. The van der Waals surface area contributed by atoms with E-state index in [4.69, 9.17) is 0 Å². The van der Waals surface area contributed by atoms with Crippen molar-refractivity contribution in [2.45, 2.75) is 58.4 Å². The highest BCUT2D eigenvalue weighted by Crippen LogP contribution is 2.39. The van der Waals surface area contributed by atoms with Crippen molar-refractivity contribution in [3.63, 3.8) is 0 Å². The normalized spacial score (nSPS) is 25.1. The Bertz CT molecular complexity index is 620. The maximum absolute atomic E-state index is 12.1. The van der Waals surface area contributed by atoms with E-state index in [-0.39, 0.29) is 23.3 Å². The summed E-state index contributed by atoms with van der Waals surface area (Å²) >= 11 is 0. The minimum Gasteiger partial charge on any atom is -0.395 e. The van der Waals surface area contributed by atoms with Crippen LogP contribution in [-0.2, 0) is 16.8 Å². The van der Waals surface area contributed by atoms with E-state index in [1.165, 1.54) is 24.0 Å². The Morgan fingerprint density at radius 2 is 1.85 bits per heavy atom. The maximum atomic E-state index is 12.1. The molecule has 2 saturated heterocycles. The summed E-state index contributed by atoms with van der Waals surface area (Å²) in [5.74, 6) is 0.208. The van der Waals surface area contributed by atoms with E-state index in [2.05, 4.69) is 49.9 Å². The molecule has 1 aromatic rings. The Kier molecular flexibility index (Phi) is 5.73. The van der Waals surface area contributed by atoms with E-state index in [1.54, 1.807) is 0 Å². The summed E-state index contributed by atoms with van der Waals surface area (Å²) in [5.41, 5.74) is 3.15. The number of rotatable bonds is 4. The van der Waals surface area contributed by atoms with Crippen molar-refractivity contribution in [1.82, 2.24) is 9.80 Å². The van der Waals surface area contributed by atoms with Gasteiger partial charge in [-0.15, -0.1) is 0 Å². The molecule has 2 aliphatic rings. The lowest BCUT2D eigenvalue weighted by Crippen LogP contribution is -2.54. The molecular weight excluding hydrogens is 324 g/mol. The van der Waals surface area contributed by atoms with Crippen molar-refractivity contribution < 1.29 is 9.90 Å². The highest BCUT2D eigenvalue weighted by Gasteiger charge is 2.41. The van der Waals surface area contributed by atoms with E-state index in [9.17, 15) is 9.90 Å². The van der Waals surface area contributed by atoms with Crippen molar-refractivity contribution in [1.29, 1.82) is 0 Å². The number of carbonyl (C=O) groups excluding carboxylic acids is 1. The molecule has 0 aliphatic carbocycles. The third kappa shape index (κ3) is 4.47. The topological polar surface area (TPSA) is 43.8 Å². The van der Waals surface area contributed by atoms with Crippen LogP contribution in [0.2, 0.25) is 0 Å². The van der Waals surface area contributed by atoms with Crippen LogP contribution in [-0.4, -0.2) is 53.6 Å². The second-order valence-electron chi connectivity index (χ2n) is 9.30. The summed E-state index contributed by atoms with van der Waals surface area (Å²) in [6.45, 7) is 11.3. The van der Waals surface area contributed by atoms with Crippen LogP contribution in [0.1, 0.15) is 57.6 Å². The molecule has 0 radical (unpaired) electrons. The second-order valence-corrected chi connectivity index (χ2v) is 9.30. The molecule has 1 N–H and O–H groups in total. The zero-order chi connectivity index (χ0) is 18.8. The first-order valence-corrected chi connectivity index (χ1v) is 10.0. The van der Waals surface area contributed by atoms with Gasteiger partial charge in [0.25, 0.3) is 0 Å². The van der Waals surface area contributed by atoms with E-state index in [0.29, 0.717) is 13.0 Å². The summed E-state index contributed by atoms with van der Waals surface area (Å²) in [5, 5.41) is 9.25. The van der Waals surface area contributed by atoms with E-state index < -0.39 is 0 Å². The van der Waals surface area contributed by atoms with E-state index >= 15 is 0 Å². The molecule has 1 atom stereocenters. The van der Waals surface area contributed by atoms with Crippen LogP contribution >= 0.6 is 0 Å². The van der Waals surface area contributed by atoms with Crippen LogP contribution in [0.15, 0.2) is 24.3 Å². The van der Waals surface area contributed by atoms with Gasteiger partial charge in [0.1, 0.15) is 0 Å². The summed E-state index contributed by atoms with van der Waals surface area (Å²) in [6.07, 6.45) is 4.02. The molecule has 0 saturated carbocycles. The quantitative estimate of drug-likeness (QED) is 0.899. The number of hydrogen-bond acceptors (Lipinski definition) is 3. The molecule has 2 heterocycles. The van der Waals surface area contributed by atoms with Gasteiger partial charge in [0.15, 0.2) is 0 Å². The van der Waals surface area contributed by atoms with Crippen LogP contribution in [0.5, 0.6) is 0 Å². The first-order chi connectivity index (χ1) is 12.3. The van der Waals surface area contributed by atoms with Gasteiger partial charge in [-0.1, -0.05) is 45.0 Å². The first kappa shape index (κ1) is 19.4. The number of aliphatic hydroxyl groups is 1. The molecule has 0 aromatic heterocycles. The van der Waals surface area contributed by atoms with Gasteiger partial charge in [-0.2, -0.15) is 0 Å². The van der Waals surface area contributed by atoms with Gasteiger partial charge in [0.2, 0.25) is 5.91 Å².